The summed E-state index contributed by atoms with van der Waals surface area (Å²) in [6.07, 6.45) is 2.16. The zero-order valence-electron chi connectivity index (χ0n) is 17.5. The molecule has 0 fully saturated rings. The van der Waals surface area contributed by atoms with Gasteiger partial charge in [-0.25, -0.2) is 8.42 Å². The maximum absolute atomic E-state index is 13.8. The summed E-state index contributed by atoms with van der Waals surface area (Å²) in [5.41, 5.74) is 1.91. The Balaban J connectivity index is 2.00. The fourth-order valence-corrected chi connectivity index (χ4v) is 5.25. The van der Waals surface area contributed by atoms with Crippen LogP contribution < -0.4 is 4.74 Å². The van der Waals surface area contributed by atoms with Crippen LogP contribution in [0.25, 0.3) is 10.9 Å². The second kappa shape index (κ2) is 8.73. The summed E-state index contributed by atoms with van der Waals surface area (Å²) in [6, 6.07) is 17.9. The Morgan fingerprint density at radius 3 is 2.31 bits per heavy atom. The lowest BCUT2D eigenvalue weighted by molar-refractivity contribution is 0.103. The number of carbonyl (C=O) groups is 1. The van der Waals surface area contributed by atoms with Crippen LogP contribution >= 0.6 is 11.6 Å². The first-order valence-electron chi connectivity index (χ1n) is 9.96. The Morgan fingerprint density at radius 1 is 1.00 bits per heavy atom. The molecule has 0 spiro atoms. The molecule has 0 radical (unpaired) electrons. The highest BCUT2D eigenvalue weighted by atomic mass is 35.5. The third-order valence-corrected chi connectivity index (χ3v) is 7.41. The number of ketones is 1. The number of halogens is 1. The molecule has 1 aromatic heterocycles. The van der Waals surface area contributed by atoms with Gasteiger partial charge >= 0.3 is 0 Å². The monoisotopic (exact) mass is 465 g/mol. The van der Waals surface area contributed by atoms with Crippen molar-refractivity contribution in [3.8, 4) is 5.75 Å². The van der Waals surface area contributed by atoms with E-state index in [2.05, 4.69) is 4.98 Å². The van der Waals surface area contributed by atoms with Crippen molar-refractivity contribution in [3.63, 3.8) is 0 Å². The number of hydrogen-bond donors (Lipinski definition) is 0. The summed E-state index contributed by atoms with van der Waals surface area (Å²) in [5.74, 6) is 0.0427. The molecule has 0 aliphatic carbocycles. The van der Waals surface area contributed by atoms with Crippen LogP contribution in [0.2, 0.25) is 5.02 Å². The standard InChI is InChI=1S/C25H20ClNO4S/c1-3-16-4-6-17(7-5-16)24(28)22-15-27-23-13-10-19(31-2)14-21(23)25(22)32(29,30)20-11-8-18(26)9-12-20/h4-15H,3H2,1-2H3. The average Bonchev–Trinajstić information content (AvgIpc) is 2.82. The molecule has 5 nitrogen and oxygen atoms in total. The number of ether oxygens (including phenoxy) is 1. The number of hydrogen-bond acceptors (Lipinski definition) is 5. The fourth-order valence-electron chi connectivity index (χ4n) is 3.50. The van der Waals surface area contributed by atoms with E-state index in [4.69, 9.17) is 16.3 Å². The van der Waals surface area contributed by atoms with Gasteiger partial charge in [0.15, 0.2) is 5.78 Å². The molecule has 0 aliphatic heterocycles. The number of carbonyl (C=O) groups excluding carboxylic acids is 1. The molecule has 0 atom stereocenters. The van der Waals surface area contributed by atoms with Crippen LogP contribution in [-0.2, 0) is 16.3 Å². The molecule has 0 bridgehead atoms. The van der Waals surface area contributed by atoms with E-state index in [1.807, 2.05) is 19.1 Å². The van der Waals surface area contributed by atoms with Crippen LogP contribution in [0.15, 0.2) is 82.7 Å². The van der Waals surface area contributed by atoms with E-state index in [9.17, 15) is 13.2 Å². The molecule has 0 N–H and O–H groups in total. The molecular weight excluding hydrogens is 446 g/mol. The highest BCUT2D eigenvalue weighted by Crippen LogP contribution is 2.34. The van der Waals surface area contributed by atoms with Gasteiger partial charge in [0, 0.05) is 22.2 Å². The Kier molecular flexibility index (Phi) is 6.00. The fraction of sp³-hybridized carbons (Fsp3) is 0.120. The molecule has 0 unspecified atom stereocenters. The maximum atomic E-state index is 13.8. The van der Waals surface area contributed by atoms with Crippen LogP contribution in [0.1, 0.15) is 28.4 Å². The molecule has 162 valence electrons. The summed E-state index contributed by atoms with van der Waals surface area (Å²) < 4.78 is 32.8. The first-order chi connectivity index (χ1) is 15.3. The van der Waals surface area contributed by atoms with Crippen molar-refractivity contribution < 1.29 is 17.9 Å². The van der Waals surface area contributed by atoms with Gasteiger partial charge in [-0.3, -0.25) is 9.78 Å². The lowest BCUT2D eigenvalue weighted by Crippen LogP contribution is -2.13. The first kappa shape index (κ1) is 22.0. The number of methoxy groups -OCH3 is 1. The number of aryl methyl sites for hydroxylation is 1. The Labute approximate surface area is 191 Å². The van der Waals surface area contributed by atoms with Gasteiger partial charge in [0.05, 0.1) is 28.0 Å². The van der Waals surface area contributed by atoms with Crippen molar-refractivity contribution in [1.29, 1.82) is 0 Å². The Hall–Kier alpha value is -3.22. The largest absolute Gasteiger partial charge is 0.497 e. The summed E-state index contributed by atoms with van der Waals surface area (Å²) in [7, 11) is -2.59. The van der Waals surface area contributed by atoms with E-state index >= 15 is 0 Å². The van der Waals surface area contributed by atoms with Gasteiger partial charge < -0.3 is 4.74 Å². The van der Waals surface area contributed by atoms with Crippen LogP contribution in [0, 0.1) is 0 Å². The highest BCUT2D eigenvalue weighted by molar-refractivity contribution is 7.91. The predicted octanol–water partition coefficient (Wildman–Crippen LogP) is 5.52. The molecule has 0 saturated carbocycles. The summed E-state index contributed by atoms with van der Waals surface area (Å²) >= 11 is 5.95. The van der Waals surface area contributed by atoms with Crippen LogP contribution in [0.5, 0.6) is 5.75 Å². The van der Waals surface area contributed by atoms with Crippen molar-refractivity contribution in [2.45, 2.75) is 23.1 Å². The molecule has 32 heavy (non-hydrogen) atoms. The van der Waals surface area contributed by atoms with E-state index in [-0.39, 0.29) is 15.4 Å². The van der Waals surface area contributed by atoms with E-state index in [1.165, 1.54) is 37.6 Å². The van der Waals surface area contributed by atoms with Crippen molar-refractivity contribution in [1.82, 2.24) is 4.98 Å². The molecule has 4 rings (SSSR count). The van der Waals surface area contributed by atoms with Gasteiger partial charge in [-0.05, 0) is 54.4 Å². The molecule has 3 aromatic carbocycles. The number of sulfone groups is 1. The number of aromatic nitrogens is 1. The van der Waals surface area contributed by atoms with E-state index < -0.39 is 15.6 Å². The second-order valence-corrected chi connectivity index (χ2v) is 9.54. The second-order valence-electron chi connectivity index (χ2n) is 7.22. The normalized spacial score (nSPS) is 11.5. The Morgan fingerprint density at radius 2 is 1.69 bits per heavy atom. The quantitative estimate of drug-likeness (QED) is 0.350. The minimum absolute atomic E-state index is 0.00458. The van der Waals surface area contributed by atoms with Crippen LogP contribution in [0.4, 0.5) is 0 Å². The minimum atomic E-state index is -4.08. The predicted molar refractivity (Wildman–Crippen MR) is 124 cm³/mol. The highest BCUT2D eigenvalue weighted by Gasteiger charge is 2.28. The minimum Gasteiger partial charge on any atom is -0.497 e. The van der Waals surface area contributed by atoms with E-state index in [1.54, 1.807) is 30.3 Å². The van der Waals surface area contributed by atoms with E-state index in [0.717, 1.165) is 12.0 Å². The first-order valence-corrected chi connectivity index (χ1v) is 11.8. The van der Waals surface area contributed by atoms with Crippen LogP contribution in [-0.4, -0.2) is 26.3 Å². The zero-order valence-corrected chi connectivity index (χ0v) is 19.1. The van der Waals surface area contributed by atoms with Gasteiger partial charge in [-0.2, -0.15) is 0 Å². The van der Waals surface area contributed by atoms with Gasteiger partial charge in [-0.15, -0.1) is 0 Å². The third kappa shape index (κ3) is 3.99. The smallest absolute Gasteiger partial charge is 0.208 e. The average molecular weight is 466 g/mol. The van der Waals surface area contributed by atoms with Gasteiger partial charge in [0.25, 0.3) is 0 Å². The third-order valence-electron chi connectivity index (χ3n) is 5.29. The van der Waals surface area contributed by atoms with Crippen molar-refractivity contribution >= 4 is 38.1 Å². The van der Waals surface area contributed by atoms with Crippen molar-refractivity contribution in [2.75, 3.05) is 7.11 Å². The lowest BCUT2D eigenvalue weighted by atomic mass is 10.0. The molecular formula is C25H20ClNO4S. The van der Waals surface area contributed by atoms with Crippen molar-refractivity contribution in [2.24, 2.45) is 0 Å². The van der Waals surface area contributed by atoms with Crippen molar-refractivity contribution in [3.05, 3.63) is 94.6 Å². The van der Waals surface area contributed by atoms with Gasteiger partial charge in [0.1, 0.15) is 5.75 Å². The molecule has 0 saturated heterocycles. The summed E-state index contributed by atoms with van der Waals surface area (Å²) in [4.78, 5) is 17.7. The molecule has 1 heterocycles. The molecule has 7 heteroatoms. The molecule has 0 amide bonds. The van der Waals surface area contributed by atoms with Crippen LogP contribution in [0.3, 0.4) is 0 Å². The zero-order chi connectivity index (χ0) is 22.9. The number of pyridine rings is 1. The van der Waals surface area contributed by atoms with Gasteiger partial charge in [0.2, 0.25) is 9.84 Å². The molecule has 0 aliphatic rings. The molecule has 4 aromatic rings. The summed E-state index contributed by atoms with van der Waals surface area (Å²) in [6.45, 7) is 2.02. The topological polar surface area (TPSA) is 73.3 Å². The number of rotatable bonds is 6. The van der Waals surface area contributed by atoms with E-state index in [0.29, 0.717) is 27.2 Å². The SMILES string of the molecule is CCc1ccc(C(=O)c2cnc3ccc(OC)cc3c2S(=O)(=O)c2ccc(Cl)cc2)cc1. The van der Waals surface area contributed by atoms with Gasteiger partial charge in [-0.1, -0.05) is 42.8 Å². The lowest BCUT2D eigenvalue weighted by Gasteiger charge is -2.14. The number of fused-ring (bicyclic) bond motifs is 1. The Bertz CT molecular complexity index is 1410. The number of benzene rings is 3. The maximum Gasteiger partial charge on any atom is 0.208 e. The summed E-state index contributed by atoms with van der Waals surface area (Å²) in [5, 5.41) is 0.729. The number of nitrogens with zero attached hydrogens (tertiary/aromatic N) is 1.